The number of benzene rings is 1. The lowest BCUT2D eigenvalue weighted by Crippen LogP contribution is -1.84. The van der Waals surface area contributed by atoms with Gasteiger partial charge in [-0.05, 0) is 29.7 Å². The highest BCUT2D eigenvalue weighted by molar-refractivity contribution is 7.05. The predicted molar refractivity (Wildman–Crippen MR) is 61.3 cm³/mol. The number of aromatic nitrogens is 2. The first kappa shape index (κ1) is 10.8. The minimum atomic E-state index is -0.108. The van der Waals surface area contributed by atoms with Gasteiger partial charge in [-0.3, -0.25) is 0 Å². The van der Waals surface area contributed by atoms with E-state index in [1.165, 1.54) is 0 Å². The molecule has 0 bridgehead atoms. The van der Waals surface area contributed by atoms with Gasteiger partial charge >= 0.3 is 0 Å². The largest absolute Gasteiger partial charge is 0.389 e. The van der Waals surface area contributed by atoms with E-state index in [4.69, 9.17) is 28.3 Å². The molecule has 1 aromatic carbocycles. The molecule has 0 spiro atoms. The Morgan fingerprint density at radius 2 is 2.13 bits per heavy atom. The van der Waals surface area contributed by atoms with E-state index in [1.807, 2.05) is 0 Å². The Balaban J connectivity index is 2.44. The fraction of sp³-hybridized carbons (Fsp3) is 0.111. The topological polar surface area (TPSA) is 46.0 Å². The minimum Gasteiger partial charge on any atom is -0.389 e. The number of aliphatic hydroxyl groups excluding tert-OH is 1. The molecule has 1 heterocycles. The third kappa shape index (κ3) is 2.29. The maximum absolute atomic E-state index is 8.87. The smallest absolute Gasteiger partial charge is 0.174 e. The Morgan fingerprint density at radius 3 is 2.73 bits per heavy atom. The van der Waals surface area contributed by atoms with Crippen molar-refractivity contribution in [2.45, 2.75) is 6.61 Å². The zero-order chi connectivity index (χ0) is 10.8. The van der Waals surface area contributed by atoms with E-state index in [9.17, 15) is 0 Å². The van der Waals surface area contributed by atoms with Crippen LogP contribution in [0.15, 0.2) is 18.2 Å². The van der Waals surface area contributed by atoms with Crippen LogP contribution in [0.5, 0.6) is 0 Å². The van der Waals surface area contributed by atoms with Crippen LogP contribution in [0.4, 0.5) is 0 Å². The molecule has 1 N–H and O–H groups in total. The molecule has 0 aliphatic heterocycles. The Kier molecular flexibility index (Phi) is 3.21. The second-order valence-corrected chi connectivity index (χ2v) is 4.47. The molecule has 0 aliphatic carbocycles. The highest BCUT2D eigenvalue weighted by Crippen LogP contribution is 2.29. The molecule has 0 atom stereocenters. The summed E-state index contributed by atoms with van der Waals surface area (Å²) in [4.78, 5) is 4.12. The van der Waals surface area contributed by atoms with Crippen molar-refractivity contribution in [2.24, 2.45) is 0 Å². The van der Waals surface area contributed by atoms with Crippen LogP contribution in [0, 0.1) is 0 Å². The molecule has 1 aromatic heterocycles. The Hall–Kier alpha value is -0.680. The first-order valence-electron chi connectivity index (χ1n) is 4.09. The summed E-state index contributed by atoms with van der Waals surface area (Å²) < 4.78 is 4.09. The molecular formula is C9H6Cl2N2OS. The van der Waals surface area contributed by atoms with Gasteiger partial charge < -0.3 is 5.11 Å². The van der Waals surface area contributed by atoms with Crippen LogP contribution in [0.25, 0.3) is 11.4 Å². The Labute approximate surface area is 100 Å². The lowest BCUT2D eigenvalue weighted by atomic mass is 10.2. The number of hydrogen-bond acceptors (Lipinski definition) is 4. The maximum Gasteiger partial charge on any atom is 0.174 e. The van der Waals surface area contributed by atoms with Crippen LogP contribution in [0.3, 0.4) is 0 Å². The first-order valence-corrected chi connectivity index (χ1v) is 5.62. The molecular weight excluding hydrogens is 255 g/mol. The Morgan fingerprint density at radius 1 is 1.33 bits per heavy atom. The summed E-state index contributed by atoms with van der Waals surface area (Å²) >= 11 is 12.9. The summed E-state index contributed by atoms with van der Waals surface area (Å²) in [5.41, 5.74) is 0.719. The van der Waals surface area contributed by atoms with Gasteiger partial charge in [0.05, 0.1) is 11.6 Å². The van der Waals surface area contributed by atoms with Gasteiger partial charge in [0.15, 0.2) is 5.82 Å². The van der Waals surface area contributed by atoms with Gasteiger partial charge in [-0.15, -0.1) is 0 Å². The van der Waals surface area contributed by atoms with Crippen molar-refractivity contribution < 1.29 is 5.11 Å². The van der Waals surface area contributed by atoms with Gasteiger partial charge in [0.1, 0.15) is 5.01 Å². The van der Waals surface area contributed by atoms with Crippen LogP contribution in [-0.2, 0) is 6.61 Å². The van der Waals surface area contributed by atoms with Crippen molar-refractivity contribution in [3.63, 3.8) is 0 Å². The number of aliphatic hydroxyl groups is 1. The molecule has 0 amide bonds. The molecule has 0 radical (unpaired) electrons. The average molecular weight is 261 g/mol. The summed E-state index contributed by atoms with van der Waals surface area (Å²) in [7, 11) is 0. The highest BCUT2D eigenvalue weighted by atomic mass is 35.5. The molecule has 2 aromatic rings. The zero-order valence-corrected chi connectivity index (χ0v) is 9.77. The predicted octanol–water partition coefficient (Wildman–Crippen LogP) is 3.00. The van der Waals surface area contributed by atoms with Gasteiger partial charge in [-0.25, -0.2) is 4.98 Å². The van der Waals surface area contributed by atoms with E-state index in [-0.39, 0.29) is 6.61 Å². The molecule has 2 rings (SSSR count). The number of rotatable bonds is 2. The van der Waals surface area contributed by atoms with E-state index in [1.54, 1.807) is 18.2 Å². The van der Waals surface area contributed by atoms with Gasteiger partial charge in [-0.1, -0.05) is 23.2 Å². The van der Waals surface area contributed by atoms with Crippen molar-refractivity contribution >= 4 is 34.7 Å². The van der Waals surface area contributed by atoms with E-state index in [2.05, 4.69) is 9.36 Å². The molecule has 6 heteroatoms. The van der Waals surface area contributed by atoms with Crippen LogP contribution in [-0.4, -0.2) is 14.5 Å². The molecule has 0 fully saturated rings. The molecule has 0 saturated heterocycles. The molecule has 78 valence electrons. The van der Waals surface area contributed by atoms with Crippen LogP contribution in [0.1, 0.15) is 5.01 Å². The second-order valence-electron chi connectivity index (χ2n) is 2.79. The summed E-state index contributed by atoms with van der Waals surface area (Å²) in [6.07, 6.45) is 0. The van der Waals surface area contributed by atoms with Gasteiger partial charge in [0, 0.05) is 10.6 Å². The van der Waals surface area contributed by atoms with Crippen molar-refractivity contribution in [1.82, 2.24) is 9.36 Å². The van der Waals surface area contributed by atoms with Crippen molar-refractivity contribution in [1.29, 1.82) is 0 Å². The molecule has 15 heavy (non-hydrogen) atoms. The van der Waals surface area contributed by atoms with Crippen molar-refractivity contribution in [3.05, 3.63) is 33.3 Å². The quantitative estimate of drug-likeness (QED) is 0.903. The van der Waals surface area contributed by atoms with Crippen LogP contribution in [0.2, 0.25) is 10.0 Å². The molecule has 0 unspecified atom stereocenters. The number of halogens is 2. The second kappa shape index (κ2) is 4.45. The lowest BCUT2D eigenvalue weighted by Gasteiger charge is -1.99. The fourth-order valence-corrected chi connectivity index (χ4v) is 2.11. The monoisotopic (exact) mass is 260 g/mol. The molecule has 0 saturated carbocycles. The van der Waals surface area contributed by atoms with Gasteiger partial charge in [0.25, 0.3) is 0 Å². The first-order chi connectivity index (χ1) is 7.20. The fourth-order valence-electron chi connectivity index (χ4n) is 1.10. The standard InChI is InChI=1S/C9H6Cl2N2OS/c10-5-1-2-6(7(11)3-5)9-12-8(4-14)15-13-9/h1-3,14H,4H2. The highest BCUT2D eigenvalue weighted by Gasteiger charge is 2.09. The normalized spacial score (nSPS) is 10.6. The lowest BCUT2D eigenvalue weighted by molar-refractivity contribution is 0.281. The number of hydrogen-bond donors (Lipinski definition) is 1. The Bertz CT molecular complexity index is 487. The average Bonchev–Trinajstić information content (AvgIpc) is 2.66. The van der Waals surface area contributed by atoms with Gasteiger partial charge in [0.2, 0.25) is 0 Å². The molecule has 3 nitrogen and oxygen atoms in total. The number of nitrogens with zero attached hydrogens (tertiary/aromatic N) is 2. The SMILES string of the molecule is OCc1nc(-c2ccc(Cl)cc2Cl)ns1. The molecule has 0 aliphatic rings. The zero-order valence-electron chi connectivity index (χ0n) is 7.44. The van der Waals surface area contributed by atoms with Crippen LogP contribution >= 0.6 is 34.7 Å². The van der Waals surface area contributed by atoms with Crippen molar-refractivity contribution in [3.8, 4) is 11.4 Å². The maximum atomic E-state index is 8.87. The minimum absolute atomic E-state index is 0.108. The van der Waals surface area contributed by atoms with E-state index in [0.29, 0.717) is 20.9 Å². The van der Waals surface area contributed by atoms with Gasteiger partial charge in [-0.2, -0.15) is 4.37 Å². The van der Waals surface area contributed by atoms with Crippen molar-refractivity contribution in [2.75, 3.05) is 0 Å². The third-order valence-electron chi connectivity index (χ3n) is 1.78. The summed E-state index contributed by atoms with van der Waals surface area (Å²) in [6, 6.07) is 5.12. The van der Waals surface area contributed by atoms with E-state index >= 15 is 0 Å². The summed E-state index contributed by atoms with van der Waals surface area (Å²) in [6.45, 7) is -0.108. The van der Waals surface area contributed by atoms with E-state index < -0.39 is 0 Å². The van der Waals surface area contributed by atoms with E-state index in [0.717, 1.165) is 17.1 Å². The summed E-state index contributed by atoms with van der Waals surface area (Å²) in [5, 5.41) is 10.5. The third-order valence-corrected chi connectivity index (χ3v) is 3.02. The summed E-state index contributed by atoms with van der Waals surface area (Å²) in [5.74, 6) is 0.519. The van der Waals surface area contributed by atoms with Crippen LogP contribution < -0.4 is 0 Å².